The summed E-state index contributed by atoms with van der Waals surface area (Å²) < 4.78 is 21.7. The van der Waals surface area contributed by atoms with Gasteiger partial charge < -0.3 is 29.0 Å². The third-order valence-corrected chi connectivity index (χ3v) is 5.64. The second kappa shape index (κ2) is 11.8. The van der Waals surface area contributed by atoms with Gasteiger partial charge in [0.15, 0.2) is 29.6 Å². The van der Waals surface area contributed by atoms with Crippen LogP contribution >= 0.6 is 0 Å². The maximum atomic E-state index is 13.5. The molecule has 0 saturated carbocycles. The van der Waals surface area contributed by atoms with E-state index in [1.54, 1.807) is 37.3 Å². The Labute approximate surface area is 204 Å². The highest BCUT2D eigenvalue weighted by molar-refractivity contribution is 5.92. The number of benzene rings is 3. The Morgan fingerprint density at radius 2 is 1.54 bits per heavy atom. The number of methoxy groups -OCH3 is 3. The summed E-state index contributed by atoms with van der Waals surface area (Å²) in [5, 5.41) is 9.53. The first-order valence-electron chi connectivity index (χ1n) is 11.0. The molecule has 0 aliphatic heterocycles. The third-order valence-electron chi connectivity index (χ3n) is 5.64. The minimum atomic E-state index is -1.17. The molecule has 1 atom stereocenters. The Bertz CT molecular complexity index is 1160. The number of aromatic carboxylic acids is 1. The van der Waals surface area contributed by atoms with Crippen molar-refractivity contribution in [2.24, 2.45) is 0 Å². The topological polar surface area (TPSA) is 94.5 Å². The Morgan fingerprint density at radius 1 is 0.857 bits per heavy atom. The Morgan fingerprint density at radius 3 is 2.17 bits per heavy atom. The van der Waals surface area contributed by atoms with Crippen LogP contribution < -0.4 is 18.9 Å². The maximum absolute atomic E-state index is 13.5. The Hall–Kier alpha value is -4.20. The third kappa shape index (κ3) is 6.03. The van der Waals surface area contributed by atoms with Gasteiger partial charge in [-0.3, -0.25) is 4.79 Å². The smallest absolute Gasteiger partial charge is 0.339 e. The van der Waals surface area contributed by atoms with Crippen LogP contribution in [0, 0.1) is 0 Å². The van der Waals surface area contributed by atoms with Gasteiger partial charge >= 0.3 is 5.97 Å². The molecule has 3 aromatic carbocycles. The van der Waals surface area contributed by atoms with Crippen LogP contribution in [0.5, 0.6) is 23.0 Å². The molecule has 0 radical (unpaired) electrons. The summed E-state index contributed by atoms with van der Waals surface area (Å²) in [5.74, 6) is -0.105. The standard InChI is InChI=1S/C27H29NO7/c1-18(20-9-6-5-7-10-20)28(16-19-13-14-22(32-2)24(15-19)34-4)25(29)17-35-26-21(27(30)31)11-8-12-23(26)33-3/h5-15,18H,16-17H2,1-4H3,(H,30,31)/t18-/m1/s1. The average molecular weight is 480 g/mol. The number of ether oxygens (including phenoxy) is 4. The van der Waals surface area contributed by atoms with Gasteiger partial charge in [-0.25, -0.2) is 4.79 Å². The van der Waals surface area contributed by atoms with E-state index in [9.17, 15) is 14.7 Å². The van der Waals surface area contributed by atoms with Gasteiger partial charge in [0.05, 0.1) is 27.4 Å². The molecule has 8 nitrogen and oxygen atoms in total. The minimum Gasteiger partial charge on any atom is -0.493 e. The Balaban J connectivity index is 1.90. The summed E-state index contributed by atoms with van der Waals surface area (Å²) in [7, 11) is 4.53. The number of para-hydroxylation sites is 1. The fraction of sp³-hybridized carbons (Fsp3) is 0.259. The molecule has 0 spiro atoms. The monoisotopic (exact) mass is 479 g/mol. The molecule has 0 bridgehead atoms. The first-order valence-corrected chi connectivity index (χ1v) is 11.0. The maximum Gasteiger partial charge on any atom is 0.339 e. The van der Waals surface area contributed by atoms with Crippen molar-refractivity contribution in [2.75, 3.05) is 27.9 Å². The lowest BCUT2D eigenvalue weighted by Crippen LogP contribution is -2.36. The van der Waals surface area contributed by atoms with E-state index in [0.717, 1.165) is 11.1 Å². The highest BCUT2D eigenvalue weighted by atomic mass is 16.5. The zero-order valence-electron chi connectivity index (χ0n) is 20.2. The summed E-state index contributed by atoms with van der Waals surface area (Å²) in [6.45, 7) is 1.83. The molecule has 35 heavy (non-hydrogen) atoms. The van der Waals surface area contributed by atoms with Gasteiger partial charge in [-0.05, 0) is 42.3 Å². The van der Waals surface area contributed by atoms with Crippen LogP contribution in [0.1, 0.15) is 34.5 Å². The van der Waals surface area contributed by atoms with Crippen LogP contribution in [-0.4, -0.2) is 49.8 Å². The van der Waals surface area contributed by atoms with Crippen molar-refractivity contribution in [1.29, 1.82) is 0 Å². The van der Waals surface area contributed by atoms with E-state index >= 15 is 0 Å². The van der Waals surface area contributed by atoms with Crippen molar-refractivity contribution in [1.82, 2.24) is 4.90 Å². The van der Waals surface area contributed by atoms with Crippen LogP contribution in [0.4, 0.5) is 0 Å². The predicted octanol–water partition coefficient (Wildman–Crippen LogP) is 4.58. The first-order chi connectivity index (χ1) is 16.9. The van der Waals surface area contributed by atoms with E-state index < -0.39 is 5.97 Å². The van der Waals surface area contributed by atoms with Crippen LogP contribution in [0.25, 0.3) is 0 Å². The van der Waals surface area contributed by atoms with Crippen LogP contribution in [-0.2, 0) is 11.3 Å². The molecular formula is C27H29NO7. The fourth-order valence-corrected chi connectivity index (χ4v) is 3.74. The number of rotatable bonds is 11. The van der Waals surface area contributed by atoms with E-state index in [4.69, 9.17) is 18.9 Å². The molecule has 0 heterocycles. The number of amides is 1. The van der Waals surface area contributed by atoms with E-state index in [2.05, 4.69) is 0 Å². The molecule has 0 aliphatic carbocycles. The average Bonchev–Trinajstić information content (AvgIpc) is 2.89. The van der Waals surface area contributed by atoms with E-state index in [-0.39, 0.29) is 42.2 Å². The number of carbonyl (C=O) groups is 2. The summed E-state index contributed by atoms with van der Waals surface area (Å²) in [6.07, 6.45) is 0. The number of carboxylic acids is 1. The van der Waals surface area contributed by atoms with Crippen LogP contribution in [0.2, 0.25) is 0 Å². The summed E-state index contributed by atoms with van der Waals surface area (Å²) in [4.78, 5) is 26.8. The summed E-state index contributed by atoms with van der Waals surface area (Å²) >= 11 is 0. The molecule has 1 amide bonds. The summed E-state index contributed by atoms with van der Waals surface area (Å²) in [5.41, 5.74) is 1.70. The van der Waals surface area contributed by atoms with Crippen LogP contribution in [0.3, 0.4) is 0 Å². The van der Waals surface area contributed by atoms with Crippen molar-refractivity contribution in [3.8, 4) is 23.0 Å². The molecule has 0 fully saturated rings. The van der Waals surface area contributed by atoms with Gasteiger partial charge in [0.2, 0.25) is 0 Å². The minimum absolute atomic E-state index is 0.00859. The van der Waals surface area contributed by atoms with E-state index in [0.29, 0.717) is 11.5 Å². The van der Waals surface area contributed by atoms with E-state index in [1.807, 2.05) is 49.4 Å². The van der Waals surface area contributed by atoms with Crippen LogP contribution in [0.15, 0.2) is 66.7 Å². The Kier molecular flexibility index (Phi) is 8.56. The molecule has 1 N–H and O–H groups in total. The molecule has 0 saturated heterocycles. The van der Waals surface area contributed by atoms with Crippen molar-refractivity contribution >= 4 is 11.9 Å². The van der Waals surface area contributed by atoms with Crippen molar-refractivity contribution in [3.05, 3.63) is 83.4 Å². The van der Waals surface area contributed by atoms with Gasteiger partial charge in [-0.1, -0.05) is 42.5 Å². The zero-order chi connectivity index (χ0) is 25.4. The lowest BCUT2D eigenvalue weighted by Gasteiger charge is -2.30. The van der Waals surface area contributed by atoms with Gasteiger partial charge in [0.1, 0.15) is 5.56 Å². The summed E-state index contributed by atoms with van der Waals surface area (Å²) in [6, 6.07) is 19.4. The molecular weight excluding hydrogens is 450 g/mol. The fourth-order valence-electron chi connectivity index (χ4n) is 3.74. The number of carbonyl (C=O) groups excluding carboxylic acids is 1. The number of carboxylic acid groups (broad SMARTS) is 1. The van der Waals surface area contributed by atoms with Crippen molar-refractivity contribution in [2.45, 2.75) is 19.5 Å². The van der Waals surface area contributed by atoms with Gasteiger partial charge in [-0.2, -0.15) is 0 Å². The van der Waals surface area contributed by atoms with Crippen molar-refractivity contribution < 1.29 is 33.6 Å². The quantitative estimate of drug-likeness (QED) is 0.430. The normalized spacial score (nSPS) is 11.3. The SMILES string of the molecule is COc1ccc(CN(C(=O)COc2c(OC)cccc2C(=O)O)[C@H](C)c2ccccc2)cc1OC. The van der Waals surface area contributed by atoms with Gasteiger partial charge in [-0.15, -0.1) is 0 Å². The van der Waals surface area contributed by atoms with Crippen molar-refractivity contribution in [3.63, 3.8) is 0 Å². The molecule has 0 unspecified atom stereocenters. The number of nitrogens with zero attached hydrogens (tertiary/aromatic N) is 1. The largest absolute Gasteiger partial charge is 0.493 e. The predicted molar refractivity (Wildman–Crippen MR) is 130 cm³/mol. The van der Waals surface area contributed by atoms with Gasteiger partial charge in [0, 0.05) is 6.54 Å². The lowest BCUT2D eigenvalue weighted by molar-refractivity contribution is -0.136. The highest BCUT2D eigenvalue weighted by Gasteiger charge is 2.25. The van der Waals surface area contributed by atoms with E-state index in [1.165, 1.54) is 13.2 Å². The molecule has 3 aromatic rings. The highest BCUT2D eigenvalue weighted by Crippen LogP contribution is 2.32. The molecule has 184 valence electrons. The molecule has 0 aliphatic rings. The lowest BCUT2D eigenvalue weighted by atomic mass is 10.1. The second-order valence-corrected chi connectivity index (χ2v) is 7.73. The molecule has 8 heteroatoms. The number of hydrogen-bond acceptors (Lipinski definition) is 6. The number of hydrogen-bond donors (Lipinski definition) is 1. The molecule has 3 rings (SSSR count). The molecule has 0 aromatic heterocycles. The van der Waals surface area contributed by atoms with Gasteiger partial charge in [0.25, 0.3) is 5.91 Å². The second-order valence-electron chi connectivity index (χ2n) is 7.73. The zero-order valence-corrected chi connectivity index (χ0v) is 20.2. The first kappa shape index (κ1) is 25.4.